The van der Waals surface area contributed by atoms with Crippen LogP contribution in [0.3, 0.4) is 0 Å². The molecule has 0 aliphatic carbocycles. The lowest BCUT2D eigenvalue weighted by atomic mass is 9.81. The van der Waals surface area contributed by atoms with E-state index in [1.54, 1.807) is 42.5 Å². The van der Waals surface area contributed by atoms with Gasteiger partial charge in [-0.1, -0.05) is 56.3 Å². The summed E-state index contributed by atoms with van der Waals surface area (Å²) in [6, 6.07) is 15.1. The number of benzene rings is 2. The summed E-state index contributed by atoms with van der Waals surface area (Å²) >= 11 is 0. The zero-order chi connectivity index (χ0) is 18.9. The summed E-state index contributed by atoms with van der Waals surface area (Å²) < 4.78 is 28.0. The van der Waals surface area contributed by atoms with Gasteiger partial charge in [0.05, 0.1) is 4.90 Å². The van der Waals surface area contributed by atoms with Gasteiger partial charge in [-0.2, -0.15) is 4.31 Å². The maximum Gasteiger partial charge on any atom is 0.243 e. The molecule has 1 saturated heterocycles. The van der Waals surface area contributed by atoms with E-state index in [2.05, 4.69) is 0 Å². The van der Waals surface area contributed by atoms with Gasteiger partial charge >= 0.3 is 0 Å². The van der Waals surface area contributed by atoms with Crippen molar-refractivity contribution in [2.75, 3.05) is 13.1 Å². The highest BCUT2D eigenvalue weighted by molar-refractivity contribution is 7.89. The fourth-order valence-electron chi connectivity index (χ4n) is 3.29. The molecule has 1 aliphatic heterocycles. The Kier molecular flexibility index (Phi) is 6.47. The van der Waals surface area contributed by atoms with Crippen LogP contribution in [0.15, 0.2) is 59.5 Å². The van der Waals surface area contributed by atoms with Crippen LogP contribution in [0, 0.1) is 5.41 Å². The largest absolute Gasteiger partial charge is 0.327 e. The Labute approximate surface area is 167 Å². The zero-order valence-corrected chi connectivity index (χ0v) is 17.1. The second-order valence-electron chi connectivity index (χ2n) is 7.41. The van der Waals surface area contributed by atoms with E-state index in [4.69, 9.17) is 5.73 Å². The first kappa shape index (κ1) is 21.6. The van der Waals surface area contributed by atoms with Crippen molar-refractivity contribution < 1.29 is 13.2 Å². The van der Waals surface area contributed by atoms with Crippen molar-refractivity contribution in [1.82, 2.24) is 4.31 Å². The molecule has 1 fully saturated rings. The smallest absolute Gasteiger partial charge is 0.243 e. The van der Waals surface area contributed by atoms with Gasteiger partial charge in [0.1, 0.15) is 0 Å². The molecule has 2 N–H and O–H groups in total. The molecular formula is C20H25ClN2O3S. The first-order valence-corrected chi connectivity index (χ1v) is 10.1. The minimum Gasteiger partial charge on any atom is -0.327 e. The van der Waals surface area contributed by atoms with Crippen LogP contribution in [0.25, 0.3) is 0 Å². The molecule has 146 valence electrons. The van der Waals surface area contributed by atoms with E-state index in [1.165, 1.54) is 10.4 Å². The van der Waals surface area contributed by atoms with E-state index < -0.39 is 10.0 Å². The van der Waals surface area contributed by atoms with E-state index >= 15 is 0 Å². The molecule has 0 amide bonds. The number of ketones is 1. The molecule has 5 nitrogen and oxygen atoms in total. The molecule has 3 rings (SSSR count). The number of hydrogen-bond acceptors (Lipinski definition) is 4. The number of hydrogen-bond donors (Lipinski definition) is 1. The van der Waals surface area contributed by atoms with Crippen molar-refractivity contribution in [2.24, 2.45) is 11.1 Å². The molecule has 1 heterocycles. The summed E-state index contributed by atoms with van der Waals surface area (Å²) in [6.07, 6.45) is 0.598. The molecular weight excluding hydrogens is 384 g/mol. The first-order valence-electron chi connectivity index (χ1n) is 8.68. The van der Waals surface area contributed by atoms with Crippen LogP contribution < -0.4 is 5.73 Å². The summed E-state index contributed by atoms with van der Waals surface area (Å²) in [5.41, 5.74) is 6.49. The second kappa shape index (κ2) is 8.10. The average Bonchev–Trinajstić information content (AvgIpc) is 2.64. The number of nitrogens with two attached hydrogens (primary N) is 1. The third kappa shape index (κ3) is 4.24. The third-order valence-electron chi connectivity index (χ3n) is 5.06. The average molecular weight is 409 g/mol. The molecule has 2 aromatic carbocycles. The van der Waals surface area contributed by atoms with Crippen molar-refractivity contribution in [1.29, 1.82) is 0 Å². The van der Waals surface area contributed by atoms with Gasteiger partial charge < -0.3 is 5.73 Å². The van der Waals surface area contributed by atoms with Crippen LogP contribution in [-0.2, 0) is 10.0 Å². The highest BCUT2D eigenvalue weighted by atomic mass is 35.5. The predicted molar refractivity (Wildman–Crippen MR) is 109 cm³/mol. The molecule has 0 bridgehead atoms. The Morgan fingerprint density at radius 2 is 1.67 bits per heavy atom. The third-order valence-corrected chi connectivity index (χ3v) is 6.97. The van der Waals surface area contributed by atoms with E-state index in [-0.39, 0.29) is 40.1 Å². The SMILES string of the molecule is CC1(C)CN(S(=O)(=O)c2ccccc2C(=O)c2ccccc2)CCC1N.Cl. The molecule has 0 saturated carbocycles. The van der Waals surface area contributed by atoms with Gasteiger partial charge in [0.25, 0.3) is 0 Å². The Balaban J connectivity index is 0.00000261. The monoisotopic (exact) mass is 408 g/mol. The molecule has 2 aromatic rings. The number of rotatable bonds is 4. The lowest BCUT2D eigenvalue weighted by Gasteiger charge is -2.41. The fraction of sp³-hybridized carbons (Fsp3) is 0.350. The molecule has 0 spiro atoms. The second-order valence-corrected chi connectivity index (χ2v) is 9.32. The molecule has 1 unspecified atom stereocenters. The number of piperidine rings is 1. The van der Waals surface area contributed by atoms with Crippen LogP contribution in [0.4, 0.5) is 0 Å². The Hall–Kier alpha value is -1.73. The van der Waals surface area contributed by atoms with Gasteiger partial charge in [-0.15, -0.1) is 12.4 Å². The van der Waals surface area contributed by atoms with Crippen molar-refractivity contribution >= 4 is 28.2 Å². The molecule has 1 aliphatic rings. The van der Waals surface area contributed by atoms with Crippen LogP contribution in [-0.4, -0.2) is 37.6 Å². The van der Waals surface area contributed by atoms with Crippen LogP contribution in [0.2, 0.25) is 0 Å². The van der Waals surface area contributed by atoms with Gasteiger partial charge in [-0.05, 0) is 24.0 Å². The van der Waals surface area contributed by atoms with Gasteiger partial charge in [-0.25, -0.2) is 8.42 Å². The Bertz CT molecular complexity index is 914. The lowest BCUT2D eigenvalue weighted by Crippen LogP contribution is -2.53. The minimum absolute atomic E-state index is 0. The quantitative estimate of drug-likeness (QED) is 0.788. The maximum absolute atomic E-state index is 13.3. The lowest BCUT2D eigenvalue weighted by molar-refractivity contribution is 0.103. The number of nitrogens with zero attached hydrogens (tertiary/aromatic N) is 1. The summed E-state index contributed by atoms with van der Waals surface area (Å²) in [4.78, 5) is 12.9. The van der Waals surface area contributed by atoms with E-state index in [1.807, 2.05) is 19.9 Å². The van der Waals surface area contributed by atoms with Gasteiger partial charge in [0.15, 0.2) is 5.78 Å². The molecule has 1 atom stereocenters. The highest BCUT2D eigenvalue weighted by Gasteiger charge is 2.39. The van der Waals surface area contributed by atoms with Crippen LogP contribution in [0.1, 0.15) is 36.2 Å². The van der Waals surface area contributed by atoms with Crippen molar-refractivity contribution in [3.8, 4) is 0 Å². The van der Waals surface area contributed by atoms with E-state index in [0.29, 0.717) is 25.1 Å². The summed E-state index contributed by atoms with van der Waals surface area (Å²) in [6.45, 7) is 4.64. The number of carbonyl (C=O) groups is 1. The van der Waals surface area contributed by atoms with Gasteiger partial charge in [0, 0.05) is 30.3 Å². The van der Waals surface area contributed by atoms with Crippen molar-refractivity contribution in [3.05, 3.63) is 65.7 Å². The standard InChI is InChI=1S/C20H24N2O3S.ClH/c1-20(2)14-22(13-12-18(20)21)26(24,25)17-11-7-6-10-16(17)19(23)15-8-4-3-5-9-15;/h3-11,18H,12-14,21H2,1-2H3;1H. The van der Waals surface area contributed by atoms with Gasteiger partial charge in [0.2, 0.25) is 10.0 Å². The van der Waals surface area contributed by atoms with Crippen molar-refractivity contribution in [3.63, 3.8) is 0 Å². The normalized spacial score (nSPS) is 19.9. The van der Waals surface area contributed by atoms with E-state index in [0.717, 1.165) is 0 Å². The fourth-order valence-corrected chi connectivity index (χ4v) is 5.11. The summed E-state index contributed by atoms with van der Waals surface area (Å²) in [7, 11) is -3.78. The Morgan fingerprint density at radius 1 is 1.07 bits per heavy atom. The minimum atomic E-state index is -3.78. The highest BCUT2D eigenvalue weighted by Crippen LogP contribution is 2.32. The first-order chi connectivity index (χ1) is 12.2. The summed E-state index contributed by atoms with van der Waals surface area (Å²) in [5, 5.41) is 0. The number of halogens is 1. The predicted octanol–water partition coefficient (Wildman–Crippen LogP) is 3.09. The van der Waals surface area contributed by atoms with Crippen LogP contribution in [0.5, 0.6) is 0 Å². The topological polar surface area (TPSA) is 80.5 Å². The number of carbonyl (C=O) groups excluding carboxylic acids is 1. The molecule has 7 heteroatoms. The molecule has 27 heavy (non-hydrogen) atoms. The molecule has 0 aromatic heterocycles. The zero-order valence-electron chi connectivity index (χ0n) is 15.5. The van der Waals surface area contributed by atoms with Crippen LogP contribution >= 0.6 is 12.4 Å². The summed E-state index contributed by atoms with van der Waals surface area (Å²) in [5.74, 6) is -0.294. The molecule has 0 radical (unpaired) electrons. The van der Waals surface area contributed by atoms with Gasteiger partial charge in [-0.3, -0.25) is 4.79 Å². The van der Waals surface area contributed by atoms with E-state index in [9.17, 15) is 13.2 Å². The van der Waals surface area contributed by atoms with Crippen molar-refractivity contribution in [2.45, 2.75) is 31.2 Å². The number of sulfonamides is 1. The maximum atomic E-state index is 13.3. The Morgan fingerprint density at radius 3 is 2.30 bits per heavy atom.